The van der Waals surface area contributed by atoms with Gasteiger partial charge in [-0.15, -0.1) is 0 Å². The topological polar surface area (TPSA) is 58.6 Å². The maximum Gasteiger partial charge on any atom is 0.223 e. The molecule has 2 aliphatic rings. The molecule has 0 aliphatic carbocycles. The van der Waals surface area contributed by atoms with Gasteiger partial charge in [0.25, 0.3) is 0 Å². The van der Waals surface area contributed by atoms with Crippen molar-refractivity contribution in [2.24, 2.45) is 5.92 Å². The van der Waals surface area contributed by atoms with Crippen LogP contribution in [0.15, 0.2) is 24.4 Å². The van der Waals surface area contributed by atoms with Gasteiger partial charge in [-0.05, 0) is 37.1 Å². The SMILES string of the molecule is COc1cc(N2CC(CC(=O)N3Cc4nc(C)cc(C)c4C3)C2)ccn1. The maximum atomic E-state index is 12.7. The molecule has 136 valence electrons. The Morgan fingerprint density at radius 3 is 2.85 bits per heavy atom. The molecule has 6 nitrogen and oxygen atoms in total. The van der Waals surface area contributed by atoms with E-state index in [1.54, 1.807) is 13.3 Å². The molecule has 2 aromatic rings. The fraction of sp³-hybridized carbons (Fsp3) is 0.450. The molecule has 2 aromatic heterocycles. The smallest absolute Gasteiger partial charge is 0.223 e. The van der Waals surface area contributed by atoms with Gasteiger partial charge < -0.3 is 14.5 Å². The number of carbonyl (C=O) groups excluding carboxylic acids is 1. The second-order valence-corrected chi connectivity index (χ2v) is 7.29. The summed E-state index contributed by atoms with van der Waals surface area (Å²) in [6.07, 6.45) is 2.36. The molecular formula is C20H24N4O2. The van der Waals surface area contributed by atoms with E-state index in [-0.39, 0.29) is 5.91 Å². The molecule has 1 amide bonds. The van der Waals surface area contributed by atoms with Crippen molar-refractivity contribution in [3.05, 3.63) is 46.9 Å². The molecule has 0 atom stereocenters. The van der Waals surface area contributed by atoms with Gasteiger partial charge in [-0.25, -0.2) is 4.98 Å². The summed E-state index contributed by atoms with van der Waals surface area (Å²) in [6.45, 7) is 7.26. The third-order valence-corrected chi connectivity index (χ3v) is 5.32. The Labute approximate surface area is 153 Å². The number of aromatic nitrogens is 2. The number of ether oxygens (including phenoxy) is 1. The van der Waals surface area contributed by atoms with Crippen LogP contribution in [0.4, 0.5) is 5.69 Å². The van der Waals surface area contributed by atoms with Crippen molar-refractivity contribution in [1.82, 2.24) is 14.9 Å². The first kappa shape index (κ1) is 16.8. The summed E-state index contributed by atoms with van der Waals surface area (Å²) < 4.78 is 5.18. The van der Waals surface area contributed by atoms with E-state index in [9.17, 15) is 4.79 Å². The van der Waals surface area contributed by atoms with E-state index in [0.29, 0.717) is 31.3 Å². The van der Waals surface area contributed by atoms with Gasteiger partial charge in [0.15, 0.2) is 0 Å². The lowest BCUT2D eigenvalue weighted by Gasteiger charge is -2.41. The summed E-state index contributed by atoms with van der Waals surface area (Å²) in [4.78, 5) is 25.7. The van der Waals surface area contributed by atoms with Crippen molar-refractivity contribution in [1.29, 1.82) is 0 Å². The minimum absolute atomic E-state index is 0.233. The zero-order valence-corrected chi connectivity index (χ0v) is 15.5. The summed E-state index contributed by atoms with van der Waals surface area (Å²) in [6, 6.07) is 6.01. The average Bonchev–Trinajstić information content (AvgIpc) is 3.02. The number of hydrogen-bond acceptors (Lipinski definition) is 5. The summed E-state index contributed by atoms with van der Waals surface area (Å²) in [7, 11) is 1.62. The van der Waals surface area contributed by atoms with Crippen molar-refractivity contribution < 1.29 is 9.53 Å². The van der Waals surface area contributed by atoms with Gasteiger partial charge >= 0.3 is 0 Å². The van der Waals surface area contributed by atoms with Crippen LogP contribution in [0.2, 0.25) is 0 Å². The second kappa shape index (κ2) is 6.59. The van der Waals surface area contributed by atoms with Gasteiger partial charge in [0.1, 0.15) is 0 Å². The van der Waals surface area contributed by atoms with Crippen LogP contribution in [0.3, 0.4) is 0 Å². The maximum absolute atomic E-state index is 12.7. The van der Waals surface area contributed by atoms with E-state index in [1.807, 2.05) is 24.0 Å². The summed E-state index contributed by atoms with van der Waals surface area (Å²) in [5, 5.41) is 0. The molecule has 1 saturated heterocycles. The number of fused-ring (bicyclic) bond motifs is 1. The van der Waals surface area contributed by atoms with Crippen LogP contribution in [-0.4, -0.2) is 41.0 Å². The highest BCUT2D eigenvalue weighted by Gasteiger charge is 2.33. The molecule has 0 unspecified atom stereocenters. The van der Waals surface area contributed by atoms with Crippen LogP contribution in [0, 0.1) is 19.8 Å². The van der Waals surface area contributed by atoms with Crippen LogP contribution in [-0.2, 0) is 17.9 Å². The lowest BCUT2D eigenvalue weighted by atomic mass is 9.95. The minimum atomic E-state index is 0.233. The molecule has 0 saturated carbocycles. The van der Waals surface area contributed by atoms with E-state index in [2.05, 4.69) is 27.9 Å². The molecule has 0 radical (unpaired) electrons. The number of aryl methyl sites for hydroxylation is 2. The minimum Gasteiger partial charge on any atom is -0.481 e. The fourth-order valence-corrected chi connectivity index (χ4v) is 3.88. The molecule has 0 N–H and O–H groups in total. The third-order valence-electron chi connectivity index (χ3n) is 5.32. The highest BCUT2D eigenvalue weighted by Crippen LogP contribution is 2.30. The van der Waals surface area contributed by atoms with E-state index in [4.69, 9.17) is 4.74 Å². The fourth-order valence-electron chi connectivity index (χ4n) is 3.88. The second-order valence-electron chi connectivity index (χ2n) is 7.29. The van der Waals surface area contributed by atoms with Crippen LogP contribution in [0.1, 0.15) is 28.9 Å². The van der Waals surface area contributed by atoms with Gasteiger partial charge in [0.05, 0.1) is 19.3 Å². The predicted molar refractivity (Wildman–Crippen MR) is 99.1 cm³/mol. The van der Waals surface area contributed by atoms with Gasteiger partial charge in [-0.1, -0.05) is 0 Å². The Morgan fingerprint density at radius 2 is 2.08 bits per heavy atom. The predicted octanol–water partition coefficient (Wildman–Crippen LogP) is 2.47. The highest BCUT2D eigenvalue weighted by atomic mass is 16.5. The van der Waals surface area contributed by atoms with Crippen molar-refractivity contribution in [2.45, 2.75) is 33.4 Å². The monoisotopic (exact) mass is 352 g/mol. The zero-order chi connectivity index (χ0) is 18.3. The summed E-state index contributed by atoms with van der Waals surface area (Å²) >= 11 is 0. The van der Waals surface area contributed by atoms with E-state index < -0.39 is 0 Å². The quantitative estimate of drug-likeness (QED) is 0.846. The van der Waals surface area contributed by atoms with Crippen molar-refractivity contribution in [3.8, 4) is 5.88 Å². The Balaban J connectivity index is 1.32. The van der Waals surface area contributed by atoms with Gasteiger partial charge in [-0.3, -0.25) is 9.78 Å². The number of anilines is 1. The first-order valence-electron chi connectivity index (χ1n) is 9.02. The standard InChI is InChI=1S/C20H24N4O2/c1-13-6-14(2)22-18-12-24(11-17(13)18)20(25)7-15-9-23(10-15)16-4-5-21-19(8-16)26-3/h4-6,8,15H,7,9-12H2,1-3H3. The van der Waals surface area contributed by atoms with Crippen LogP contribution in [0.25, 0.3) is 0 Å². The number of pyridine rings is 2. The molecule has 0 bridgehead atoms. The molecule has 1 fully saturated rings. The Kier molecular flexibility index (Phi) is 4.26. The van der Waals surface area contributed by atoms with Crippen molar-refractivity contribution in [2.75, 3.05) is 25.1 Å². The number of methoxy groups -OCH3 is 1. The molecule has 2 aliphatic heterocycles. The molecule has 6 heteroatoms. The van der Waals surface area contributed by atoms with Crippen LogP contribution >= 0.6 is 0 Å². The highest BCUT2D eigenvalue weighted by molar-refractivity contribution is 5.77. The Bertz CT molecular complexity index is 846. The third kappa shape index (κ3) is 3.11. The normalized spacial score (nSPS) is 16.4. The van der Waals surface area contributed by atoms with Crippen LogP contribution in [0.5, 0.6) is 5.88 Å². The lowest BCUT2D eigenvalue weighted by Crippen LogP contribution is -2.48. The summed E-state index contributed by atoms with van der Waals surface area (Å²) in [5.74, 6) is 1.26. The molecule has 4 heterocycles. The Hall–Kier alpha value is -2.63. The molecule has 0 aromatic carbocycles. The number of rotatable bonds is 4. The van der Waals surface area contributed by atoms with Gasteiger partial charge in [-0.2, -0.15) is 0 Å². The van der Waals surface area contributed by atoms with E-state index in [1.165, 1.54) is 11.1 Å². The molecule has 4 rings (SSSR count). The van der Waals surface area contributed by atoms with Crippen molar-refractivity contribution >= 4 is 11.6 Å². The van der Waals surface area contributed by atoms with Gasteiger partial charge in [0.2, 0.25) is 11.8 Å². The number of hydrogen-bond donors (Lipinski definition) is 0. The largest absolute Gasteiger partial charge is 0.481 e. The van der Waals surface area contributed by atoms with Crippen molar-refractivity contribution in [3.63, 3.8) is 0 Å². The molecular weight excluding hydrogens is 328 g/mol. The average molecular weight is 352 g/mol. The number of amides is 1. The molecule has 26 heavy (non-hydrogen) atoms. The summed E-state index contributed by atoms with van der Waals surface area (Å²) in [5.41, 5.74) is 5.66. The van der Waals surface area contributed by atoms with E-state index in [0.717, 1.165) is 30.2 Å². The first-order chi connectivity index (χ1) is 12.5. The van der Waals surface area contributed by atoms with Gasteiger partial charge in [0, 0.05) is 55.6 Å². The van der Waals surface area contributed by atoms with E-state index >= 15 is 0 Å². The molecule has 0 spiro atoms. The first-order valence-corrected chi connectivity index (χ1v) is 9.02. The zero-order valence-electron chi connectivity index (χ0n) is 15.5. The lowest BCUT2D eigenvalue weighted by molar-refractivity contribution is -0.133. The van der Waals surface area contributed by atoms with Crippen LogP contribution < -0.4 is 9.64 Å². The Morgan fingerprint density at radius 1 is 1.27 bits per heavy atom. The number of carbonyl (C=O) groups is 1. The number of nitrogens with zero attached hydrogens (tertiary/aromatic N) is 4.